The highest BCUT2D eigenvalue weighted by Crippen LogP contribution is 2.15. The van der Waals surface area contributed by atoms with Crippen molar-refractivity contribution in [3.8, 4) is 0 Å². The van der Waals surface area contributed by atoms with E-state index in [0.29, 0.717) is 5.69 Å². The Kier molecular flexibility index (Phi) is 3.73. The molecule has 0 spiro atoms. The first-order valence-corrected chi connectivity index (χ1v) is 5.21. The normalized spacial score (nSPS) is 10.8. The van der Waals surface area contributed by atoms with Gasteiger partial charge in [-0.15, -0.1) is 0 Å². The van der Waals surface area contributed by atoms with E-state index in [1.54, 1.807) is 12.1 Å². The van der Waals surface area contributed by atoms with Crippen LogP contribution in [0.15, 0.2) is 24.3 Å². The lowest BCUT2D eigenvalue weighted by atomic mass is 10.0. The Bertz CT molecular complexity index is 441. The summed E-state index contributed by atoms with van der Waals surface area (Å²) in [5.41, 5.74) is 0.429. The van der Waals surface area contributed by atoms with Crippen molar-refractivity contribution in [1.82, 2.24) is 5.32 Å². The summed E-state index contributed by atoms with van der Waals surface area (Å²) >= 11 is 0. The highest BCUT2D eigenvalue weighted by Gasteiger charge is 2.29. The molecule has 0 aliphatic rings. The van der Waals surface area contributed by atoms with Gasteiger partial charge in [0.15, 0.2) is 0 Å². The number of nitrogens with one attached hydrogen (secondary N) is 2. The van der Waals surface area contributed by atoms with Crippen LogP contribution in [0.2, 0.25) is 0 Å². The number of hydrogen-bond acceptors (Lipinski definition) is 2. The first-order chi connectivity index (χ1) is 7.83. The Morgan fingerprint density at radius 1 is 1.24 bits per heavy atom. The van der Waals surface area contributed by atoms with Crippen LogP contribution in [0.5, 0.6) is 0 Å². The van der Waals surface area contributed by atoms with Crippen molar-refractivity contribution in [1.29, 1.82) is 0 Å². The van der Waals surface area contributed by atoms with E-state index in [0.717, 1.165) is 5.56 Å². The van der Waals surface area contributed by atoms with Gasteiger partial charge < -0.3 is 15.7 Å². The molecule has 0 aliphatic carbocycles. The summed E-state index contributed by atoms with van der Waals surface area (Å²) in [7, 11) is 0. The number of carboxylic acid groups (broad SMARTS) is 1. The Morgan fingerprint density at radius 3 is 2.35 bits per heavy atom. The fraction of sp³-hybridized carbons (Fsp3) is 0.333. The molecule has 0 fully saturated rings. The standard InChI is InChI=1S/C12H16N2O3/c1-8-6-4-5-7-9(8)13-10(15)12(2,3)14-11(16)17/h4-7,14H,1-3H3,(H,13,15)(H,16,17). The van der Waals surface area contributed by atoms with Crippen molar-refractivity contribution in [2.45, 2.75) is 26.3 Å². The molecular weight excluding hydrogens is 220 g/mol. The molecule has 1 aromatic carbocycles. The first-order valence-electron chi connectivity index (χ1n) is 5.21. The number of hydrogen-bond donors (Lipinski definition) is 3. The van der Waals surface area contributed by atoms with Crippen LogP contribution >= 0.6 is 0 Å². The lowest BCUT2D eigenvalue weighted by molar-refractivity contribution is -0.121. The van der Waals surface area contributed by atoms with E-state index in [2.05, 4.69) is 10.6 Å². The molecular formula is C12H16N2O3. The predicted octanol–water partition coefficient (Wildman–Crippen LogP) is 1.98. The largest absolute Gasteiger partial charge is 0.465 e. The summed E-state index contributed by atoms with van der Waals surface area (Å²) in [5.74, 6) is -0.394. The monoisotopic (exact) mass is 236 g/mol. The van der Waals surface area contributed by atoms with Crippen molar-refractivity contribution in [2.75, 3.05) is 5.32 Å². The second-order valence-corrected chi connectivity index (χ2v) is 4.32. The molecule has 17 heavy (non-hydrogen) atoms. The van der Waals surface area contributed by atoms with Crippen molar-refractivity contribution >= 4 is 17.7 Å². The van der Waals surface area contributed by atoms with Gasteiger partial charge in [-0.2, -0.15) is 0 Å². The Balaban J connectivity index is 2.79. The number of carbonyl (C=O) groups is 2. The number of benzene rings is 1. The van der Waals surface area contributed by atoms with E-state index < -0.39 is 17.5 Å². The van der Waals surface area contributed by atoms with Crippen LogP contribution in [0.3, 0.4) is 0 Å². The van der Waals surface area contributed by atoms with Gasteiger partial charge in [-0.05, 0) is 32.4 Å². The number of amides is 2. The third kappa shape index (κ3) is 3.48. The van der Waals surface area contributed by atoms with E-state index in [1.165, 1.54) is 13.8 Å². The van der Waals surface area contributed by atoms with Crippen molar-refractivity contribution in [3.63, 3.8) is 0 Å². The van der Waals surface area contributed by atoms with Gasteiger partial charge in [-0.25, -0.2) is 4.79 Å². The maximum atomic E-state index is 11.9. The zero-order valence-corrected chi connectivity index (χ0v) is 10.1. The third-order valence-electron chi connectivity index (χ3n) is 2.38. The molecule has 3 N–H and O–H groups in total. The van der Waals surface area contributed by atoms with Crippen LogP contribution in [0.25, 0.3) is 0 Å². The van der Waals surface area contributed by atoms with Gasteiger partial charge >= 0.3 is 6.09 Å². The summed E-state index contributed by atoms with van der Waals surface area (Å²) < 4.78 is 0. The van der Waals surface area contributed by atoms with E-state index in [-0.39, 0.29) is 0 Å². The van der Waals surface area contributed by atoms with Crippen LogP contribution in [0.4, 0.5) is 10.5 Å². The lowest BCUT2D eigenvalue weighted by Gasteiger charge is -2.23. The maximum Gasteiger partial charge on any atom is 0.405 e. The molecule has 0 unspecified atom stereocenters. The van der Waals surface area contributed by atoms with E-state index >= 15 is 0 Å². The molecule has 0 saturated heterocycles. The van der Waals surface area contributed by atoms with Crippen LogP contribution in [-0.2, 0) is 4.79 Å². The first kappa shape index (κ1) is 13.0. The van der Waals surface area contributed by atoms with Gasteiger partial charge in [0.05, 0.1) is 0 Å². The molecule has 0 bridgehead atoms. The fourth-order valence-electron chi connectivity index (χ4n) is 1.32. The minimum absolute atomic E-state index is 0.394. The van der Waals surface area contributed by atoms with Gasteiger partial charge in [-0.3, -0.25) is 4.79 Å². The number of para-hydroxylation sites is 1. The summed E-state index contributed by atoms with van der Waals surface area (Å²) in [6.07, 6.45) is -1.23. The molecule has 0 aliphatic heterocycles. The van der Waals surface area contributed by atoms with Crippen molar-refractivity contribution in [3.05, 3.63) is 29.8 Å². The third-order valence-corrected chi connectivity index (χ3v) is 2.38. The van der Waals surface area contributed by atoms with Gasteiger partial charge in [0.2, 0.25) is 5.91 Å². The molecule has 0 radical (unpaired) electrons. The molecule has 0 heterocycles. The quantitative estimate of drug-likeness (QED) is 0.750. The molecule has 5 nitrogen and oxygen atoms in total. The summed E-state index contributed by atoms with van der Waals surface area (Å²) in [4.78, 5) is 22.4. The lowest BCUT2D eigenvalue weighted by Crippen LogP contribution is -2.51. The van der Waals surface area contributed by atoms with Gasteiger partial charge in [0.1, 0.15) is 5.54 Å². The number of carbonyl (C=O) groups excluding carboxylic acids is 1. The average Bonchev–Trinajstić information content (AvgIpc) is 2.19. The molecule has 0 atom stereocenters. The Hall–Kier alpha value is -2.04. The van der Waals surface area contributed by atoms with Crippen LogP contribution < -0.4 is 10.6 Å². The van der Waals surface area contributed by atoms with Gasteiger partial charge in [-0.1, -0.05) is 18.2 Å². The number of aryl methyl sites for hydroxylation is 1. The van der Waals surface area contributed by atoms with E-state index in [1.807, 2.05) is 19.1 Å². The number of anilines is 1. The number of rotatable bonds is 3. The van der Waals surface area contributed by atoms with Crippen LogP contribution in [0.1, 0.15) is 19.4 Å². The second kappa shape index (κ2) is 4.86. The predicted molar refractivity (Wildman–Crippen MR) is 65.0 cm³/mol. The molecule has 0 aromatic heterocycles. The average molecular weight is 236 g/mol. The highest BCUT2D eigenvalue weighted by atomic mass is 16.4. The summed E-state index contributed by atoms with van der Waals surface area (Å²) in [5, 5.41) is 13.5. The van der Waals surface area contributed by atoms with Gasteiger partial charge in [0.25, 0.3) is 0 Å². The highest BCUT2D eigenvalue weighted by molar-refractivity contribution is 5.99. The topological polar surface area (TPSA) is 78.4 Å². The van der Waals surface area contributed by atoms with Crippen LogP contribution in [0, 0.1) is 6.92 Å². The Morgan fingerprint density at radius 2 is 1.82 bits per heavy atom. The minimum Gasteiger partial charge on any atom is -0.465 e. The summed E-state index contributed by atoms with van der Waals surface area (Å²) in [6, 6.07) is 7.31. The van der Waals surface area contributed by atoms with E-state index in [4.69, 9.17) is 5.11 Å². The zero-order chi connectivity index (χ0) is 13.1. The second-order valence-electron chi connectivity index (χ2n) is 4.32. The molecule has 1 aromatic rings. The van der Waals surface area contributed by atoms with E-state index in [9.17, 15) is 9.59 Å². The molecule has 1 rings (SSSR count). The zero-order valence-electron chi connectivity index (χ0n) is 10.1. The minimum atomic E-state index is -1.23. The fourth-order valence-corrected chi connectivity index (χ4v) is 1.32. The van der Waals surface area contributed by atoms with Gasteiger partial charge in [0, 0.05) is 5.69 Å². The molecule has 0 saturated carbocycles. The maximum absolute atomic E-state index is 11.9. The molecule has 2 amide bonds. The smallest absolute Gasteiger partial charge is 0.405 e. The van der Waals surface area contributed by atoms with Crippen LogP contribution in [-0.4, -0.2) is 22.6 Å². The summed E-state index contributed by atoms with van der Waals surface area (Å²) in [6.45, 7) is 4.89. The van der Waals surface area contributed by atoms with Crippen molar-refractivity contribution in [2.24, 2.45) is 0 Å². The Labute approximate surface area is 99.8 Å². The molecule has 92 valence electrons. The SMILES string of the molecule is Cc1ccccc1NC(=O)C(C)(C)NC(=O)O. The molecule has 5 heteroatoms. The van der Waals surface area contributed by atoms with Crippen molar-refractivity contribution < 1.29 is 14.7 Å².